The van der Waals surface area contributed by atoms with E-state index in [1.165, 1.54) is 0 Å². The molecule has 0 aliphatic rings. The second kappa shape index (κ2) is 6.89. The van der Waals surface area contributed by atoms with Crippen LogP contribution in [0, 0.1) is 6.92 Å². The van der Waals surface area contributed by atoms with Crippen molar-refractivity contribution in [3.63, 3.8) is 0 Å². The highest BCUT2D eigenvalue weighted by Gasteiger charge is 2.17. The van der Waals surface area contributed by atoms with Crippen LogP contribution >= 0.6 is 23.2 Å². The maximum atomic E-state index is 12.2. The molecule has 2 rings (SSSR count). The Balaban J connectivity index is 2.08. The van der Waals surface area contributed by atoms with Crippen LogP contribution in [0.5, 0.6) is 0 Å². The Hall–Kier alpha value is -1.62. The van der Waals surface area contributed by atoms with Crippen LogP contribution in [0.2, 0.25) is 10.3 Å². The molecule has 0 bridgehead atoms. The number of hydrogen-bond acceptors (Lipinski definition) is 3. The first-order valence-corrected chi connectivity index (χ1v) is 7.16. The van der Waals surface area contributed by atoms with Crippen molar-refractivity contribution >= 4 is 34.8 Å². The van der Waals surface area contributed by atoms with Crippen molar-refractivity contribution in [2.45, 2.75) is 19.4 Å². The van der Waals surface area contributed by atoms with E-state index in [1.54, 1.807) is 13.0 Å². The summed E-state index contributed by atoms with van der Waals surface area (Å²) in [6, 6.07) is 10.5. The number of aromatic nitrogens is 1. The standard InChI is InChI=1S/C15H15Cl2N3O/c1-9-7-12(16)19-14(17)13(9)20-15(21)11(18)8-10-5-3-2-4-6-10/h2-7,11H,8,18H2,1H3,(H,20,21). The molecule has 21 heavy (non-hydrogen) atoms. The van der Waals surface area contributed by atoms with Crippen LogP contribution < -0.4 is 11.1 Å². The number of amides is 1. The van der Waals surface area contributed by atoms with Crippen molar-refractivity contribution in [3.05, 3.63) is 57.8 Å². The van der Waals surface area contributed by atoms with E-state index in [0.717, 1.165) is 11.1 Å². The summed E-state index contributed by atoms with van der Waals surface area (Å²) in [5.41, 5.74) is 8.10. The van der Waals surface area contributed by atoms with E-state index in [-0.39, 0.29) is 16.2 Å². The number of hydrogen-bond donors (Lipinski definition) is 2. The van der Waals surface area contributed by atoms with Gasteiger partial charge in [-0.3, -0.25) is 4.79 Å². The second-order valence-corrected chi connectivity index (χ2v) is 5.46. The molecular weight excluding hydrogens is 309 g/mol. The third-order valence-electron chi connectivity index (χ3n) is 3.02. The zero-order valence-electron chi connectivity index (χ0n) is 11.4. The Bertz CT molecular complexity index is 624. The van der Waals surface area contributed by atoms with Gasteiger partial charge in [0.1, 0.15) is 5.15 Å². The lowest BCUT2D eigenvalue weighted by molar-refractivity contribution is -0.117. The van der Waals surface area contributed by atoms with Gasteiger partial charge in [-0.2, -0.15) is 0 Å². The van der Waals surface area contributed by atoms with Crippen molar-refractivity contribution in [3.8, 4) is 0 Å². The molecular formula is C15H15Cl2N3O. The zero-order valence-corrected chi connectivity index (χ0v) is 12.9. The molecule has 1 unspecified atom stereocenters. The van der Waals surface area contributed by atoms with Gasteiger partial charge in [0.05, 0.1) is 11.7 Å². The van der Waals surface area contributed by atoms with Crippen LogP contribution in [0.4, 0.5) is 5.69 Å². The van der Waals surface area contributed by atoms with Crippen molar-refractivity contribution in [1.82, 2.24) is 4.98 Å². The number of anilines is 1. The Morgan fingerprint density at radius 3 is 2.62 bits per heavy atom. The number of aryl methyl sites for hydroxylation is 1. The van der Waals surface area contributed by atoms with Crippen molar-refractivity contribution in [2.24, 2.45) is 5.73 Å². The second-order valence-electron chi connectivity index (χ2n) is 4.71. The van der Waals surface area contributed by atoms with Gasteiger partial charge in [0.2, 0.25) is 5.91 Å². The fraction of sp³-hybridized carbons (Fsp3) is 0.200. The van der Waals surface area contributed by atoms with E-state index < -0.39 is 6.04 Å². The highest BCUT2D eigenvalue weighted by Crippen LogP contribution is 2.26. The maximum absolute atomic E-state index is 12.2. The topological polar surface area (TPSA) is 68.0 Å². The highest BCUT2D eigenvalue weighted by molar-refractivity contribution is 6.34. The van der Waals surface area contributed by atoms with E-state index in [0.29, 0.717) is 12.1 Å². The minimum atomic E-state index is -0.668. The minimum Gasteiger partial charge on any atom is -0.322 e. The first kappa shape index (κ1) is 15.8. The molecule has 6 heteroatoms. The fourth-order valence-electron chi connectivity index (χ4n) is 1.92. The Morgan fingerprint density at radius 1 is 1.33 bits per heavy atom. The van der Waals surface area contributed by atoms with Crippen LogP contribution in [-0.4, -0.2) is 16.9 Å². The van der Waals surface area contributed by atoms with Gasteiger partial charge in [-0.15, -0.1) is 0 Å². The van der Waals surface area contributed by atoms with Gasteiger partial charge >= 0.3 is 0 Å². The first-order chi connectivity index (χ1) is 9.97. The minimum absolute atomic E-state index is 0.153. The zero-order chi connectivity index (χ0) is 15.4. The lowest BCUT2D eigenvalue weighted by atomic mass is 10.1. The van der Waals surface area contributed by atoms with Gasteiger partial charge in [0, 0.05) is 0 Å². The highest BCUT2D eigenvalue weighted by atomic mass is 35.5. The molecule has 1 atom stereocenters. The van der Waals surface area contributed by atoms with E-state index in [2.05, 4.69) is 10.3 Å². The number of carbonyl (C=O) groups excluding carboxylic acids is 1. The Labute approximate surface area is 133 Å². The predicted octanol–water partition coefficient (Wildman–Crippen LogP) is 3.21. The number of nitrogens with two attached hydrogens (primary N) is 1. The van der Waals surface area contributed by atoms with Crippen LogP contribution in [0.1, 0.15) is 11.1 Å². The molecule has 0 aliphatic carbocycles. The molecule has 0 spiro atoms. The van der Waals surface area contributed by atoms with Crippen LogP contribution in [0.15, 0.2) is 36.4 Å². The van der Waals surface area contributed by atoms with Gasteiger partial charge in [-0.1, -0.05) is 53.5 Å². The number of nitrogens with zero attached hydrogens (tertiary/aromatic N) is 1. The van der Waals surface area contributed by atoms with Gasteiger partial charge in [-0.25, -0.2) is 4.98 Å². The van der Waals surface area contributed by atoms with Crippen LogP contribution in [0.25, 0.3) is 0 Å². The molecule has 110 valence electrons. The molecule has 0 radical (unpaired) electrons. The van der Waals surface area contributed by atoms with E-state index in [1.807, 2.05) is 30.3 Å². The molecule has 3 N–H and O–H groups in total. The summed E-state index contributed by atoms with van der Waals surface area (Å²) >= 11 is 11.8. The molecule has 1 aromatic carbocycles. The normalized spacial score (nSPS) is 12.0. The monoisotopic (exact) mass is 323 g/mol. The average molecular weight is 324 g/mol. The molecule has 0 fully saturated rings. The largest absolute Gasteiger partial charge is 0.322 e. The maximum Gasteiger partial charge on any atom is 0.241 e. The van der Waals surface area contributed by atoms with E-state index in [9.17, 15) is 4.79 Å². The van der Waals surface area contributed by atoms with E-state index >= 15 is 0 Å². The summed E-state index contributed by atoms with van der Waals surface area (Å²) in [4.78, 5) is 16.1. The van der Waals surface area contributed by atoms with Crippen LogP contribution in [0.3, 0.4) is 0 Å². The quantitative estimate of drug-likeness (QED) is 0.849. The molecule has 1 amide bonds. The number of benzene rings is 1. The first-order valence-electron chi connectivity index (χ1n) is 6.40. The molecule has 1 aromatic heterocycles. The van der Waals surface area contributed by atoms with Gasteiger partial charge in [0.15, 0.2) is 5.15 Å². The SMILES string of the molecule is Cc1cc(Cl)nc(Cl)c1NC(=O)C(N)Cc1ccccc1. The van der Waals surface area contributed by atoms with Gasteiger partial charge in [-0.05, 0) is 30.5 Å². The van der Waals surface area contributed by atoms with Crippen molar-refractivity contribution in [2.75, 3.05) is 5.32 Å². The van der Waals surface area contributed by atoms with Crippen molar-refractivity contribution < 1.29 is 4.79 Å². The van der Waals surface area contributed by atoms with Gasteiger partial charge < -0.3 is 11.1 Å². The number of carbonyl (C=O) groups is 1. The number of nitrogens with one attached hydrogen (secondary N) is 1. The summed E-state index contributed by atoms with van der Waals surface area (Å²) < 4.78 is 0. The predicted molar refractivity (Wildman–Crippen MR) is 85.7 cm³/mol. The number of pyridine rings is 1. The molecule has 0 saturated heterocycles. The Kier molecular flexibility index (Phi) is 5.17. The molecule has 4 nitrogen and oxygen atoms in total. The summed E-state index contributed by atoms with van der Waals surface area (Å²) in [5, 5.41) is 3.14. The third-order valence-corrected chi connectivity index (χ3v) is 3.49. The fourth-order valence-corrected chi connectivity index (χ4v) is 2.50. The van der Waals surface area contributed by atoms with E-state index in [4.69, 9.17) is 28.9 Å². The molecule has 0 aliphatic heterocycles. The average Bonchev–Trinajstić information content (AvgIpc) is 2.43. The number of rotatable bonds is 4. The molecule has 0 saturated carbocycles. The summed E-state index contributed by atoms with van der Waals surface area (Å²) in [7, 11) is 0. The summed E-state index contributed by atoms with van der Waals surface area (Å²) in [6.45, 7) is 1.79. The Morgan fingerprint density at radius 2 is 2.00 bits per heavy atom. The lowest BCUT2D eigenvalue weighted by Crippen LogP contribution is -2.37. The smallest absolute Gasteiger partial charge is 0.241 e. The third kappa shape index (κ3) is 4.17. The van der Waals surface area contributed by atoms with Gasteiger partial charge in [0.25, 0.3) is 0 Å². The van der Waals surface area contributed by atoms with Crippen molar-refractivity contribution in [1.29, 1.82) is 0 Å². The summed E-state index contributed by atoms with van der Waals surface area (Å²) in [6.07, 6.45) is 0.449. The lowest BCUT2D eigenvalue weighted by Gasteiger charge is -2.14. The van der Waals surface area contributed by atoms with Crippen LogP contribution in [-0.2, 0) is 11.2 Å². The molecule has 2 aromatic rings. The summed E-state index contributed by atoms with van der Waals surface area (Å²) in [5.74, 6) is -0.312. The number of halogens is 2. The molecule has 1 heterocycles.